The molecule has 0 amide bonds. The topological polar surface area (TPSA) is 6.48 Å². The van der Waals surface area contributed by atoms with E-state index in [1.165, 1.54) is 90.9 Å². The SMILES string of the molecule is Cc1cc(N(c2ccc(-c3ccccc3)cc2)c2ccc(-c3ccccc3)cc2)ccc1-c1ccc(N(c2ccc(-c3ccccc3)cc2)c2ccc(-c3ccccc3)cc2)c2c1CCCC2. The van der Waals surface area contributed by atoms with Crippen molar-refractivity contribution in [1.29, 1.82) is 0 Å². The maximum absolute atomic E-state index is 2.48. The fourth-order valence-electron chi connectivity index (χ4n) is 10.0. The fourth-order valence-corrected chi connectivity index (χ4v) is 10.0. The molecule has 11 rings (SSSR count). The molecule has 0 aliphatic heterocycles. The number of hydrogen-bond acceptors (Lipinski definition) is 2. The van der Waals surface area contributed by atoms with E-state index in [4.69, 9.17) is 0 Å². The van der Waals surface area contributed by atoms with Crippen molar-refractivity contribution < 1.29 is 0 Å². The molecule has 0 saturated carbocycles. The molecule has 0 heterocycles. The Hall–Kier alpha value is -8.20. The van der Waals surface area contributed by atoms with Crippen LogP contribution >= 0.6 is 0 Å². The number of rotatable bonds is 11. The van der Waals surface area contributed by atoms with Gasteiger partial charge in [-0.3, -0.25) is 0 Å². The lowest BCUT2D eigenvalue weighted by Crippen LogP contribution is -2.16. The van der Waals surface area contributed by atoms with Gasteiger partial charge in [-0.2, -0.15) is 0 Å². The minimum absolute atomic E-state index is 1.04. The van der Waals surface area contributed by atoms with Crippen molar-refractivity contribution in [3.05, 3.63) is 265 Å². The highest BCUT2D eigenvalue weighted by Crippen LogP contribution is 2.46. The van der Waals surface area contributed by atoms with Crippen molar-refractivity contribution in [2.75, 3.05) is 9.80 Å². The third kappa shape index (κ3) is 8.58. The Balaban J connectivity index is 0.981. The summed E-state index contributed by atoms with van der Waals surface area (Å²) >= 11 is 0. The van der Waals surface area contributed by atoms with Gasteiger partial charge in [0.05, 0.1) is 0 Å². The van der Waals surface area contributed by atoms with Gasteiger partial charge in [-0.1, -0.05) is 182 Å². The molecule has 0 N–H and O–H groups in total. The fraction of sp³-hybridized carbons (Fsp3) is 0.0769. The smallest absolute Gasteiger partial charge is 0.0496 e. The summed E-state index contributed by atoms with van der Waals surface area (Å²) in [5.41, 5.74) is 23.5. The first-order chi connectivity index (χ1) is 33.1. The van der Waals surface area contributed by atoms with Gasteiger partial charge >= 0.3 is 0 Å². The molecule has 0 bridgehead atoms. The highest BCUT2D eigenvalue weighted by molar-refractivity contribution is 5.87. The van der Waals surface area contributed by atoms with Gasteiger partial charge in [0.1, 0.15) is 0 Å². The summed E-state index contributed by atoms with van der Waals surface area (Å²) in [6.07, 6.45) is 4.46. The highest BCUT2D eigenvalue weighted by atomic mass is 15.1. The molecule has 1 aliphatic rings. The first-order valence-corrected chi connectivity index (χ1v) is 23.6. The number of aryl methyl sites for hydroxylation is 1. The van der Waals surface area contributed by atoms with Crippen molar-refractivity contribution in [3.8, 4) is 55.6 Å². The lowest BCUT2D eigenvalue weighted by Gasteiger charge is -2.32. The minimum Gasteiger partial charge on any atom is -0.310 e. The van der Waals surface area contributed by atoms with Crippen LogP contribution in [0.25, 0.3) is 55.6 Å². The zero-order valence-electron chi connectivity index (χ0n) is 37.9. The number of anilines is 6. The lowest BCUT2D eigenvalue weighted by molar-refractivity contribution is 0.687. The molecule has 2 heteroatoms. The Bertz CT molecular complexity index is 3070. The predicted octanol–water partition coefficient (Wildman–Crippen LogP) is 18.1. The van der Waals surface area contributed by atoms with Crippen molar-refractivity contribution in [2.45, 2.75) is 32.6 Å². The van der Waals surface area contributed by atoms with Crippen LogP contribution in [0.1, 0.15) is 29.5 Å². The Morgan fingerprint density at radius 2 is 0.582 bits per heavy atom. The molecule has 1 aliphatic carbocycles. The summed E-state index contributed by atoms with van der Waals surface area (Å²) in [5.74, 6) is 0. The van der Waals surface area contributed by atoms with Gasteiger partial charge in [0.2, 0.25) is 0 Å². The summed E-state index contributed by atoms with van der Waals surface area (Å²) in [4.78, 5) is 4.88. The van der Waals surface area contributed by atoms with Gasteiger partial charge < -0.3 is 9.80 Å². The molecule has 0 saturated heterocycles. The molecule has 0 fully saturated rings. The van der Waals surface area contributed by atoms with Crippen LogP contribution < -0.4 is 9.80 Å². The van der Waals surface area contributed by atoms with E-state index in [-0.39, 0.29) is 0 Å². The van der Waals surface area contributed by atoms with Crippen LogP contribution in [0.2, 0.25) is 0 Å². The van der Waals surface area contributed by atoms with E-state index in [0.717, 1.165) is 41.3 Å². The molecule has 322 valence electrons. The van der Waals surface area contributed by atoms with Crippen molar-refractivity contribution in [3.63, 3.8) is 0 Å². The normalized spacial score (nSPS) is 12.0. The van der Waals surface area contributed by atoms with Crippen LogP contribution in [-0.4, -0.2) is 0 Å². The van der Waals surface area contributed by atoms with Gasteiger partial charge in [-0.05, 0) is 172 Å². The number of hydrogen-bond donors (Lipinski definition) is 0. The maximum Gasteiger partial charge on any atom is 0.0496 e. The van der Waals surface area contributed by atoms with Gasteiger partial charge in [0.25, 0.3) is 0 Å². The van der Waals surface area contributed by atoms with Crippen molar-refractivity contribution in [2.24, 2.45) is 0 Å². The van der Waals surface area contributed by atoms with Gasteiger partial charge in [-0.25, -0.2) is 0 Å². The zero-order chi connectivity index (χ0) is 44.9. The first-order valence-electron chi connectivity index (χ1n) is 23.6. The average Bonchev–Trinajstić information content (AvgIpc) is 3.41. The van der Waals surface area contributed by atoms with Crippen molar-refractivity contribution >= 4 is 34.1 Å². The van der Waals surface area contributed by atoms with E-state index in [1.807, 2.05) is 0 Å². The zero-order valence-corrected chi connectivity index (χ0v) is 37.9. The summed E-state index contributed by atoms with van der Waals surface area (Å²) in [5, 5.41) is 0. The van der Waals surface area contributed by atoms with Crippen LogP contribution in [0.3, 0.4) is 0 Å². The van der Waals surface area contributed by atoms with Gasteiger partial charge in [0, 0.05) is 34.1 Å². The van der Waals surface area contributed by atoms with Crippen LogP contribution in [0, 0.1) is 6.92 Å². The second-order valence-electron chi connectivity index (χ2n) is 17.6. The largest absolute Gasteiger partial charge is 0.310 e. The Morgan fingerprint density at radius 3 is 0.955 bits per heavy atom. The molecular weight excluding hydrogens is 809 g/mol. The molecule has 0 spiro atoms. The summed E-state index contributed by atoms with van der Waals surface area (Å²) < 4.78 is 0. The molecule has 0 unspecified atom stereocenters. The molecule has 0 atom stereocenters. The van der Waals surface area contributed by atoms with E-state index >= 15 is 0 Å². The summed E-state index contributed by atoms with van der Waals surface area (Å²) in [6.45, 7) is 2.28. The number of fused-ring (bicyclic) bond motifs is 1. The van der Waals surface area contributed by atoms with E-state index in [2.05, 4.69) is 265 Å². The quantitative estimate of drug-likeness (QED) is 0.128. The lowest BCUT2D eigenvalue weighted by atomic mass is 9.83. The molecular formula is C65H52N2. The Kier molecular flexibility index (Phi) is 11.6. The maximum atomic E-state index is 2.48. The Morgan fingerprint density at radius 1 is 0.269 bits per heavy atom. The van der Waals surface area contributed by atoms with Crippen LogP contribution in [0.5, 0.6) is 0 Å². The molecule has 10 aromatic carbocycles. The monoisotopic (exact) mass is 860 g/mol. The third-order valence-electron chi connectivity index (χ3n) is 13.4. The van der Waals surface area contributed by atoms with E-state index < -0.39 is 0 Å². The third-order valence-corrected chi connectivity index (χ3v) is 13.4. The van der Waals surface area contributed by atoms with Gasteiger partial charge in [-0.15, -0.1) is 0 Å². The standard InChI is InChI=1S/C65H52N2/c1-47-46-60(66(56-34-26-52(27-35-56)48-16-6-2-7-17-48)57-36-28-53(29-37-57)49-18-8-3-9-19-49)42-43-61(47)63-44-45-65(64-25-15-14-24-62(63)64)67(58-38-30-54(31-39-58)50-20-10-4-11-21-50)59-40-32-55(33-41-59)51-22-12-5-13-23-51/h2-13,16-23,26-46H,14-15,24-25H2,1H3. The van der Waals surface area contributed by atoms with Crippen molar-refractivity contribution in [1.82, 2.24) is 0 Å². The van der Waals surface area contributed by atoms with Crippen LogP contribution in [0.15, 0.2) is 249 Å². The number of nitrogens with zero attached hydrogens (tertiary/aromatic N) is 2. The predicted molar refractivity (Wildman–Crippen MR) is 284 cm³/mol. The summed E-state index contributed by atoms with van der Waals surface area (Å²) in [7, 11) is 0. The summed E-state index contributed by atoms with van der Waals surface area (Å²) in [6, 6.07) is 90.6. The second kappa shape index (κ2) is 18.7. The van der Waals surface area contributed by atoms with E-state index in [0.29, 0.717) is 0 Å². The molecule has 10 aromatic rings. The average molecular weight is 861 g/mol. The first kappa shape index (κ1) is 41.5. The van der Waals surface area contributed by atoms with E-state index in [1.54, 1.807) is 0 Å². The van der Waals surface area contributed by atoms with Crippen LogP contribution in [-0.2, 0) is 12.8 Å². The molecule has 2 nitrogen and oxygen atoms in total. The van der Waals surface area contributed by atoms with E-state index in [9.17, 15) is 0 Å². The highest BCUT2D eigenvalue weighted by Gasteiger charge is 2.25. The molecule has 67 heavy (non-hydrogen) atoms. The van der Waals surface area contributed by atoms with Crippen LogP contribution in [0.4, 0.5) is 34.1 Å². The van der Waals surface area contributed by atoms with Gasteiger partial charge in [0.15, 0.2) is 0 Å². The number of benzene rings is 10. The molecule has 0 aromatic heterocycles. The second-order valence-corrected chi connectivity index (χ2v) is 17.6. The minimum atomic E-state index is 1.04. The molecule has 0 radical (unpaired) electrons. The Labute approximate surface area is 395 Å².